The minimum Gasteiger partial charge on any atom is -0.314 e. The number of hydrogen-bond acceptors (Lipinski definition) is 3. The zero-order chi connectivity index (χ0) is 14.6. The van der Waals surface area contributed by atoms with E-state index < -0.39 is 12.2 Å². The molecular formula is C13H18Cl2F4N2S. The topological polar surface area (TPSA) is 15.3 Å². The molecule has 1 N–H and O–H groups in total. The van der Waals surface area contributed by atoms with Crippen molar-refractivity contribution in [1.29, 1.82) is 0 Å². The van der Waals surface area contributed by atoms with Gasteiger partial charge in [0.1, 0.15) is 6.67 Å². The second-order valence-electron chi connectivity index (χ2n) is 4.57. The highest BCUT2D eigenvalue weighted by molar-refractivity contribution is 8.00. The summed E-state index contributed by atoms with van der Waals surface area (Å²) in [5.41, 5.74) is -3.57. The van der Waals surface area contributed by atoms with Crippen LogP contribution < -0.4 is 5.32 Å². The smallest absolute Gasteiger partial charge is 0.314 e. The first-order valence-corrected chi connectivity index (χ1v) is 7.18. The Hall–Kier alpha value is -0.210. The van der Waals surface area contributed by atoms with Gasteiger partial charge in [-0.15, -0.1) is 24.8 Å². The van der Waals surface area contributed by atoms with Gasteiger partial charge in [-0.25, -0.2) is 4.39 Å². The Bertz CT molecular complexity index is 425. The number of piperazine rings is 1. The van der Waals surface area contributed by atoms with Crippen LogP contribution in [0.25, 0.3) is 0 Å². The summed E-state index contributed by atoms with van der Waals surface area (Å²) in [5.74, 6) is 0. The van der Waals surface area contributed by atoms with Crippen LogP contribution in [0.4, 0.5) is 17.6 Å². The van der Waals surface area contributed by atoms with E-state index in [4.69, 9.17) is 0 Å². The maximum atomic E-state index is 13.3. The Morgan fingerprint density at radius 1 is 1.09 bits per heavy atom. The van der Waals surface area contributed by atoms with E-state index in [-0.39, 0.29) is 47.5 Å². The molecule has 1 aromatic rings. The molecule has 0 amide bonds. The molecule has 1 saturated heterocycles. The molecule has 22 heavy (non-hydrogen) atoms. The molecule has 0 unspecified atom stereocenters. The summed E-state index contributed by atoms with van der Waals surface area (Å²) in [6.45, 7) is 2.56. The summed E-state index contributed by atoms with van der Waals surface area (Å²) in [5, 5.41) is 3.19. The first-order chi connectivity index (χ1) is 9.49. The van der Waals surface area contributed by atoms with Crippen molar-refractivity contribution in [2.75, 3.05) is 32.9 Å². The number of nitrogens with one attached hydrogen (secondary N) is 1. The summed E-state index contributed by atoms with van der Waals surface area (Å²) in [6.07, 6.45) is 0. The summed E-state index contributed by atoms with van der Waals surface area (Å²) in [7, 11) is 0. The van der Waals surface area contributed by atoms with E-state index >= 15 is 0 Å². The molecule has 0 radical (unpaired) electrons. The van der Waals surface area contributed by atoms with Crippen molar-refractivity contribution >= 4 is 36.6 Å². The molecule has 0 saturated carbocycles. The molecular weight excluding hydrogens is 363 g/mol. The Balaban J connectivity index is 0.00000220. The highest BCUT2D eigenvalue weighted by Crippen LogP contribution is 2.37. The maximum absolute atomic E-state index is 13.3. The van der Waals surface area contributed by atoms with Crippen LogP contribution in [0, 0.1) is 0 Å². The summed E-state index contributed by atoms with van der Waals surface area (Å²) < 4.78 is 50.0. The van der Waals surface area contributed by atoms with Crippen molar-refractivity contribution in [3.63, 3.8) is 0 Å². The van der Waals surface area contributed by atoms with Gasteiger partial charge in [0.2, 0.25) is 0 Å². The van der Waals surface area contributed by atoms with Gasteiger partial charge < -0.3 is 5.32 Å². The predicted octanol–water partition coefficient (Wildman–Crippen LogP) is 4.06. The number of hydrogen-bond donors (Lipinski definition) is 1. The number of alkyl halides is 4. The van der Waals surface area contributed by atoms with E-state index in [1.165, 1.54) is 12.1 Å². The quantitative estimate of drug-likeness (QED) is 0.626. The average molecular weight is 381 g/mol. The summed E-state index contributed by atoms with van der Waals surface area (Å²) in [6, 6.07) is 5.60. The standard InChI is InChI=1S/C13H16F4N2S.2ClH/c14-9-12(19-7-5-18-6-8-19)10-1-3-11(4-2-10)20-13(15,16)17;;/h1-4,12,18H,5-9H2;2*1H/t12-;;/m1../s1. The van der Waals surface area contributed by atoms with Crippen molar-refractivity contribution < 1.29 is 17.6 Å². The first kappa shape index (κ1) is 21.8. The van der Waals surface area contributed by atoms with Crippen LogP contribution in [0.15, 0.2) is 29.2 Å². The van der Waals surface area contributed by atoms with E-state index in [1.54, 1.807) is 12.1 Å². The van der Waals surface area contributed by atoms with Crippen molar-refractivity contribution in [3.8, 4) is 0 Å². The number of nitrogens with zero attached hydrogens (tertiary/aromatic N) is 1. The normalized spacial score (nSPS) is 17.3. The van der Waals surface area contributed by atoms with E-state index in [2.05, 4.69) is 5.32 Å². The van der Waals surface area contributed by atoms with E-state index in [0.29, 0.717) is 0 Å². The SMILES string of the molecule is Cl.Cl.FC[C@H](c1ccc(SC(F)(F)F)cc1)N1CCNCC1. The fourth-order valence-corrected chi connectivity index (χ4v) is 2.82. The fourth-order valence-electron chi connectivity index (χ4n) is 2.28. The van der Waals surface area contributed by atoms with E-state index in [9.17, 15) is 17.6 Å². The number of rotatable bonds is 4. The average Bonchev–Trinajstić information content (AvgIpc) is 2.41. The Morgan fingerprint density at radius 2 is 1.64 bits per heavy atom. The summed E-state index contributed by atoms with van der Waals surface area (Å²) in [4.78, 5) is 2.14. The molecule has 0 aliphatic carbocycles. The molecule has 2 nitrogen and oxygen atoms in total. The second kappa shape index (κ2) is 9.82. The molecule has 1 aromatic carbocycles. The van der Waals surface area contributed by atoms with Gasteiger partial charge in [0.15, 0.2) is 0 Å². The zero-order valence-corrected chi connectivity index (χ0v) is 14.1. The predicted molar refractivity (Wildman–Crippen MR) is 86.0 cm³/mol. The van der Waals surface area contributed by atoms with Crippen LogP contribution in [0.1, 0.15) is 11.6 Å². The highest BCUT2D eigenvalue weighted by Gasteiger charge is 2.29. The third-order valence-electron chi connectivity index (χ3n) is 3.24. The van der Waals surface area contributed by atoms with Crippen LogP contribution in [0.2, 0.25) is 0 Å². The van der Waals surface area contributed by atoms with Gasteiger partial charge in [0, 0.05) is 31.1 Å². The second-order valence-corrected chi connectivity index (χ2v) is 5.71. The fraction of sp³-hybridized carbons (Fsp3) is 0.538. The maximum Gasteiger partial charge on any atom is 0.446 e. The van der Waals surface area contributed by atoms with Crippen LogP contribution in [-0.4, -0.2) is 43.3 Å². The third kappa shape index (κ3) is 6.50. The van der Waals surface area contributed by atoms with Crippen LogP contribution in [0.5, 0.6) is 0 Å². The van der Waals surface area contributed by atoms with E-state index in [0.717, 1.165) is 31.7 Å². The number of thioether (sulfide) groups is 1. The number of benzene rings is 1. The first-order valence-electron chi connectivity index (χ1n) is 6.36. The molecule has 1 aliphatic heterocycles. The van der Waals surface area contributed by atoms with Crippen molar-refractivity contribution in [2.24, 2.45) is 0 Å². The summed E-state index contributed by atoms with van der Waals surface area (Å²) >= 11 is -0.153. The Kier molecular flexibility index (Phi) is 9.73. The van der Waals surface area contributed by atoms with Crippen molar-refractivity contribution in [3.05, 3.63) is 29.8 Å². The van der Waals surface area contributed by atoms with Crippen molar-refractivity contribution in [1.82, 2.24) is 10.2 Å². The van der Waals surface area contributed by atoms with Crippen LogP contribution in [0.3, 0.4) is 0 Å². The molecule has 1 fully saturated rings. The molecule has 2 rings (SSSR count). The van der Waals surface area contributed by atoms with Gasteiger partial charge in [0.25, 0.3) is 0 Å². The Labute approximate surface area is 143 Å². The van der Waals surface area contributed by atoms with Gasteiger partial charge in [-0.05, 0) is 29.5 Å². The monoisotopic (exact) mass is 380 g/mol. The van der Waals surface area contributed by atoms with Crippen LogP contribution in [-0.2, 0) is 0 Å². The molecule has 0 bridgehead atoms. The molecule has 9 heteroatoms. The molecule has 1 heterocycles. The van der Waals surface area contributed by atoms with Gasteiger partial charge in [-0.3, -0.25) is 4.90 Å². The highest BCUT2D eigenvalue weighted by atomic mass is 35.5. The lowest BCUT2D eigenvalue weighted by Gasteiger charge is -2.33. The molecule has 0 spiro atoms. The van der Waals surface area contributed by atoms with Crippen molar-refractivity contribution in [2.45, 2.75) is 16.4 Å². The third-order valence-corrected chi connectivity index (χ3v) is 3.98. The number of halogens is 6. The van der Waals surface area contributed by atoms with Gasteiger partial charge in [-0.2, -0.15) is 13.2 Å². The van der Waals surface area contributed by atoms with Gasteiger partial charge in [0.05, 0.1) is 6.04 Å². The lowest BCUT2D eigenvalue weighted by Crippen LogP contribution is -2.45. The molecule has 1 atom stereocenters. The Morgan fingerprint density at radius 3 is 2.09 bits per heavy atom. The zero-order valence-electron chi connectivity index (χ0n) is 11.6. The molecule has 0 aromatic heterocycles. The minimum absolute atomic E-state index is 0. The van der Waals surface area contributed by atoms with Gasteiger partial charge in [-0.1, -0.05) is 12.1 Å². The molecule has 128 valence electrons. The molecule has 1 aliphatic rings. The largest absolute Gasteiger partial charge is 0.446 e. The van der Waals surface area contributed by atoms with Gasteiger partial charge >= 0.3 is 5.51 Å². The minimum atomic E-state index is -4.29. The van der Waals surface area contributed by atoms with E-state index in [1.807, 2.05) is 4.90 Å². The van der Waals surface area contributed by atoms with Crippen LogP contribution >= 0.6 is 36.6 Å². The lowest BCUT2D eigenvalue weighted by atomic mass is 10.1. The lowest BCUT2D eigenvalue weighted by molar-refractivity contribution is -0.0328.